The molecule has 0 saturated heterocycles. The monoisotopic (exact) mass is 426 g/mol. The van der Waals surface area contributed by atoms with Crippen molar-refractivity contribution in [2.45, 2.75) is 37.5 Å². The summed E-state index contributed by atoms with van der Waals surface area (Å²) in [5.74, 6) is -4.00. The number of aliphatic carboxylic acids is 1. The first-order valence-corrected chi connectivity index (χ1v) is 8.98. The number of carbonyl (C=O) groups is 4. The molecule has 1 rings (SSSR count). The molecule has 4 unspecified atom stereocenters. The van der Waals surface area contributed by atoms with Crippen LogP contribution in [-0.4, -0.2) is 81.5 Å². The van der Waals surface area contributed by atoms with Gasteiger partial charge in [0.25, 0.3) is 0 Å². The van der Waals surface area contributed by atoms with E-state index in [2.05, 4.69) is 16.0 Å². The summed E-state index contributed by atoms with van der Waals surface area (Å²) in [4.78, 5) is 47.8. The van der Waals surface area contributed by atoms with E-state index in [-0.39, 0.29) is 12.2 Å². The van der Waals surface area contributed by atoms with Crippen LogP contribution in [-0.2, 0) is 25.6 Å². The van der Waals surface area contributed by atoms with E-state index in [9.17, 15) is 29.4 Å². The van der Waals surface area contributed by atoms with Crippen molar-refractivity contribution in [2.75, 3.05) is 13.2 Å². The van der Waals surface area contributed by atoms with Gasteiger partial charge in [-0.05, 0) is 24.6 Å². The summed E-state index contributed by atoms with van der Waals surface area (Å²) in [6.07, 6.45) is -0.102. The number of nitrogens with two attached hydrogens (primary N) is 1. The van der Waals surface area contributed by atoms with Gasteiger partial charge in [-0.25, -0.2) is 4.79 Å². The van der Waals surface area contributed by atoms with Gasteiger partial charge in [0.05, 0.1) is 19.3 Å². The first-order chi connectivity index (χ1) is 14.1. The number of nitrogens with one attached hydrogen (secondary N) is 3. The Balaban J connectivity index is 3.01. The van der Waals surface area contributed by atoms with Crippen LogP contribution in [0, 0.1) is 0 Å². The number of phenols is 1. The van der Waals surface area contributed by atoms with Crippen molar-refractivity contribution in [3.05, 3.63) is 29.8 Å². The second kappa shape index (κ2) is 11.7. The van der Waals surface area contributed by atoms with Crippen molar-refractivity contribution < 1.29 is 39.6 Å². The molecule has 12 heteroatoms. The summed E-state index contributed by atoms with van der Waals surface area (Å²) in [7, 11) is 0. The van der Waals surface area contributed by atoms with Crippen LogP contribution < -0.4 is 21.7 Å². The number of phenolic OH excluding ortho intramolecular Hbond substituents is 1. The second-order valence-corrected chi connectivity index (χ2v) is 6.55. The smallest absolute Gasteiger partial charge is 0.328 e. The van der Waals surface area contributed by atoms with Gasteiger partial charge < -0.3 is 42.1 Å². The first-order valence-electron chi connectivity index (χ1n) is 8.98. The molecular weight excluding hydrogens is 400 g/mol. The molecule has 0 aromatic heterocycles. The number of aliphatic hydroxyl groups is 2. The highest BCUT2D eigenvalue weighted by molar-refractivity contribution is 5.94. The minimum absolute atomic E-state index is 0.0195. The highest BCUT2D eigenvalue weighted by Gasteiger charge is 2.29. The normalized spacial score (nSPS) is 14.7. The Morgan fingerprint density at radius 2 is 1.33 bits per heavy atom. The third-order valence-electron chi connectivity index (χ3n) is 4.04. The predicted molar refractivity (Wildman–Crippen MR) is 103 cm³/mol. The van der Waals surface area contributed by atoms with Crippen molar-refractivity contribution in [1.82, 2.24) is 16.0 Å². The van der Waals surface area contributed by atoms with Crippen molar-refractivity contribution in [3.8, 4) is 5.75 Å². The van der Waals surface area contributed by atoms with E-state index >= 15 is 0 Å². The minimum Gasteiger partial charge on any atom is -0.508 e. The molecule has 166 valence electrons. The lowest BCUT2D eigenvalue weighted by atomic mass is 10.0. The predicted octanol–water partition coefficient (Wildman–Crippen LogP) is -3.19. The largest absolute Gasteiger partial charge is 0.508 e. The molecule has 12 nitrogen and oxygen atoms in total. The van der Waals surface area contributed by atoms with E-state index in [1.54, 1.807) is 0 Å². The molecular formula is C18H26N4O8. The zero-order valence-corrected chi connectivity index (χ0v) is 16.2. The Bertz CT molecular complexity index is 753. The average Bonchev–Trinajstić information content (AvgIpc) is 2.70. The summed E-state index contributed by atoms with van der Waals surface area (Å²) >= 11 is 0. The van der Waals surface area contributed by atoms with Crippen LogP contribution in [0.15, 0.2) is 24.3 Å². The molecule has 9 N–H and O–H groups in total. The molecule has 0 heterocycles. The van der Waals surface area contributed by atoms with E-state index in [0.29, 0.717) is 5.56 Å². The highest BCUT2D eigenvalue weighted by Crippen LogP contribution is 2.12. The Morgan fingerprint density at radius 1 is 0.867 bits per heavy atom. The summed E-state index contributed by atoms with van der Waals surface area (Å²) in [6, 6.07) is 0.460. The van der Waals surface area contributed by atoms with Crippen molar-refractivity contribution in [1.29, 1.82) is 0 Å². The number of rotatable bonds is 11. The zero-order chi connectivity index (χ0) is 22.8. The third kappa shape index (κ3) is 7.66. The molecule has 30 heavy (non-hydrogen) atoms. The fourth-order valence-electron chi connectivity index (χ4n) is 2.30. The van der Waals surface area contributed by atoms with E-state index in [4.69, 9.17) is 15.9 Å². The van der Waals surface area contributed by atoms with E-state index in [0.717, 1.165) is 0 Å². The van der Waals surface area contributed by atoms with E-state index in [1.807, 2.05) is 0 Å². The van der Waals surface area contributed by atoms with Gasteiger partial charge in [0, 0.05) is 6.42 Å². The van der Waals surface area contributed by atoms with Crippen LogP contribution in [0.2, 0.25) is 0 Å². The Hall–Kier alpha value is -3.22. The summed E-state index contributed by atoms with van der Waals surface area (Å²) in [5.41, 5.74) is 5.93. The molecule has 0 radical (unpaired) electrons. The van der Waals surface area contributed by atoms with Gasteiger partial charge in [0.2, 0.25) is 17.7 Å². The van der Waals surface area contributed by atoms with E-state index in [1.165, 1.54) is 31.2 Å². The van der Waals surface area contributed by atoms with Gasteiger partial charge >= 0.3 is 5.97 Å². The number of hydrogen-bond acceptors (Lipinski definition) is 8. The molecule has 1 aromatic carbocycles. The fourth-order valence-corrected chi connectivity index (χ4v) is 2.30. The van der Waals surface area contributed by atoms with E-state index < -0.39 is 61.1 Å². The SMILES string of the molecule is CC(N)C(=O)NC(CO)C(=O)NC(Cc1ccc(O)cc1)C(=O)NC(CO)C(=O)O. The number of carboxylic acids is 1. The van der Waals surface area contributed by atoms with Gasteiger partial charge in [-0.1, -0.05) is 12.1 Å². The number of amides is 3. The lowest BCUT2D eigenvalue weighted by molar-refractivity contribution is -0.143. The maximum Gasteiger partial charge on any atom is 0.328 e. The molecule has 4 atom stereocenters. The van der Waals surface area contributed by atoms with Crippen molar-refractivity contribution in [2.24, 2.45) is 5.73 Å². The quantitative estimate of drug-likeness (QED) is 0.179. The van der Waals surface area contributed by atoms with Crippen molar-refractivity contribution >= 4 is 23.7 Å². The Kier molecular flexibility index (Phi) is 9.68. The Morgan fingerprint density at radius 3 is 1.80 bits per heavy atom. The third-order valence-corrected chi connectivity index (χ3v) is 4.04. The summed E-state index contributed by atoms with van der Waals surface area (Å²) in [6.45, 7) is -0.263. The maximum absolute atomic E-state index is 12.5. The van der Waals surface area contributed by atoms with Crippen LogP contribution in [0.5, 0.6) is 5.75 Å². The standard InChI is InChI=1S/C18H26N4O8/c1-9(19)15(26)21-13(7-23)17(28)20-12(6-10-2-4-11(25)5-3-10)16(27)22-14(8-24)18(29)30/h2-5,9,12-14,23-25H,6-8,19H2,1H3,(H,20,28)(H,21,26)(H,22,27)(H,29,30). The van der Waals surface area contributed by atoms with Crippen LogP contribution in [0.3, 0.4) is 0 Å². The highest BCUT2D eigenvalue weighted by atomic mass is 16.4. The zero-order valence-electron chi connectivity index (χ0n) is 16.2. The van der Waals surface area contributed by atoms with Crippen LogP contribution in [0.25, 0.3) is 0 Å². The van der Waals surface area contributed by atoms with Crippen LogP contribution in [0.1, 0.15) is 12.5 Å². The number of benzene rings is 1. The van der Waals surface area contributed by atoms with Gasteiger partial charge in [-0.15, -0.1) is 0 Å². The molecule has 3 amide bonds. The Labute approximate surface area is 172 Å². The number of carbonyl (C=O) groups excluding carboxylic acids is 3. The lowest BCUT2D eigenvalue weighted by Crippen LogP contribution is -2.58. The first kappa shape index (κ1) is 24.8. The van der Waals surface area contributed by atoms with Gasteiger partial charge in [0.1, 0.15) is 23.9 Å². The molecule has 0 fully saturated rings. The topological polar surface area (TPSA) is 211 Å². The van der Waals surface area contributed by atoms with Gasteiger partial charge in [0.15, 0.2) is 0 Å². The molecule has 0 bridgehead atoms. The lowest BCUT2D eigenvalue weighted by Gasteiger charge is -2.24. The fraction of sp³-hybridized carbons (Fsp3) is 0.444. The molecule has 1 aromatic rings. The number of aliphatic hydroxyl groups excluding tert-OH is 2. The van der Waals surface area contributed by atoms with Gasteiger partial charge in [-0.3, -0.25) is 14.4 Å². The molecule has 0 aliphatic carbocycles. The summed E-state index contributed by atoms with van der Waals surface area (Å²) < 4.78 is 0. The van der Waals surface area contributed by atoms with Crippen molar-refractivity contribution in [3.63, 3.8) is 0 Å². The van der Waals surface area contributed by atoms with Crippen LogP contribution in [0.4, 0.5) is 0 Å². The minimum atomic E-state index is -1.59. The number of carboxylic acid groups (broad SMARTS) is 1. The molecule has 0 aliphatic rings. The summed E-state index contributed by atoms with van der Waals surface area (Å²) in [5, 5.41) is 43.5. The van der Waals surface area contributed by atoms with Gasteiger partial charge in [-0.2, -0.15) is 0 Å². The average molecular weight is 426 g/mol. The molecule has 0 aliphatic heterocycles. The second-order valence-electron chi connectivity index (χ2n) is 6.55. The molecule has 0 saturated carbocycles. The van der Waals surface area contributed by atoms with Crippen LogP contribution >= 0.6 is 0 Å². The molecule has 0 spiro atoms. The maximum atomic E-state index is 12.5. The number of aromatic hydroxyl groups is 1. The number of hydrogen-bond donors (Lipinski definition) is 8.